The Morgan fingerprint density at radius 3 is 2.50 bits per heavy atom. The Kier molecular flexibility index (Phi) is 9.92. The molecule has 1 aliphatic heterocycles. The predicted molar refractivity (Wildman–Crippen MR) is 88.6 cm³/mol. The van der Waals surface area contributed by atoms with Crippen LogP contribution >= 0.6 is 52.1 Å². The monoisotopic (exact) mass is 374 g/mol. The second-order valence-corrected chi connectivity index (χ2v) is 6.73. The first kappa shape index (κ1) is 18.7. The van der Waals surface area contributed by atoms with Gasteiger partial charge in [0.15, 0.2) is 0 Å². The smallest absolute Gasteiger partial charge is 0.0701 e. The quantitative estimate of drug-likeness (QED) is 0.851. The first-order chi connectivity index (χ1) is 7.81. The second-order valence-electron chi connectivity index (χ2n) is 4.23. The third kappa shape index (κ3) is 4.99. The van der Waals surface area contributed by atoms with E-state index in [-0.39, 0.29) is 24.8 Å². The maximum atomic E-state index is 3.56. The molecule has 1 aliphatic rings. The van der Waals surface area contributed by atoms with Crippen LogP contribution in [0.3, 0.4) is 0 Å². The van der Waals surface area contributed by atoms with Crippen molar-refractivity contribution in [3.63, 3.8) is 0 Å². The molecule has 0 spiro atoms. The van der Waals surface area contributed by atoms with Gasteiger partial charge in [-0.2, -0.15) is 0 Å². The highest BCUT2D eigenvalue weighted by Gasteiger charge is 2.22. The van der Waals surface area contributed by atoms with Gasteiger partial charge >= 0.3 is 0 Å². The lowest BCUT2D eigenvalue weighted by Gasteiger charge is -2.34. The van der Waals surface area contributed by atoms with Gasteiger partial charge in [-0.25, -0.2) is 0 Å². The Bertz CT molecular complexity index is 330. The van der Waals surface area contributed by atoms with E-state index in [1.165, 1.54) is 34.6 Å². The van der Waals surface area contributed by atoms with Crippen LogP contribution in [0.5, 0.6) is 0 Å². The maximum Gasteiger partial charge on any atom is 0.0701 e. The van der Waals surface area contributed by atoms with Gasteiger partial charge in [0.2, 0.25) is 0 Å². The van der Waals surface area contributed by atoms with Gasteiger partial charge in [-0.05, 0) is 34.5 Å². The van der Waals surface area contributed by atoms with Crippen LogP contribution in [0.1, 0.15) is 30.7 Å². The number of nitrogens with one attached hydrogen (secondary N) is 1. The molecule has 0 saturated carbocycles. The fourth-order valence-electron chi connectivity index (χ4n) is 2.28. The molecule has 18 heavy (non-hydrogen) atoms. The summed E-state index contributed by atoms with van der Waals surface area (Å²) in [5.74, 6) is 0. The van der Waals surface area contributed by atoms with Crippen LogP contribution in [0.4, 0.5) is 0 Å². The van der Waals surface area contributed by atoms with Crippen LogP contribution < -0.4 is 5.32 Å². The largest absolute Gasteiger partial charge is 0.314 e. The van der Waals surface area contributed by atoms with Crippen molar-refractivity contribution in [1.29, 1.82) is 0 Å². The number of thiophene rings is 1. The van der Waals surface area contributed by atoms with Crippen molar-refractivity contribution in [3.05, 3.63) is 20.8 Å². The van der Waals surface area contributed by atoms with E-state index in [9.17, 15) is 0 Å². The average molecular weight is 376 g/mol. The topological polar surface area (TPSA) is 15.3 Å². The molecule has 1 saturated heterocycles. The first-order valence-corrected chi connectivity index (χ1v) is 7.62. The summed E-state index contributed by atoms with van der Waals surface area (Å²) in [5.41, 5.74) is 0. The van der Waals surface area contributed by atoms with Gasteiger partial charge in [0.1, 0.15) is 0 Å². The molecule has 1 atom stereocenters. The average Bonchev–Trinajstić information content (AvgIpc) is 2.74. The van der Waals surface area contributed by atoms with Gasteiger partial charge in [0.05, 0.1) is 3.79 Å². The molecular weight excluding hydrogens is 355 g/mol. The van der Waals surface area contributed by atoms with E-state index < -0.39 is 0 Å². The Labute approximate surface area is 134 Å². The van der Waals surface area contributed by atoms with E-state index in [0.29, 0.717) is 6.04 Å². The Morgan fingerprint density at radius 2 is 2.00 bits per heavy atom. The minimum Gasteiger partial charge on any atom is -0.314 e. The van der Waals surface area contributed by atoms with Gasteiger partial charge < -0.3 is 5.32 Å². The third-order valence-electron chi connectivity index (χ3n) is 3.08. The van der Waals surface area contributed by atoms with E-state index >= 15 is 0 Å². The molecule has 2 rings (SSSR count). The number of hydrogen-bond donors (Lipinski definition) is 1. The summed E-state index contributed by atoms with van der Waals surface area (Å²) in [6.45, 7) is 6.90. The van der Waals surface area contributed by atoms with Crippen molar-refractivity contribution in [1.82, 2.24) is 10.2 Å². The molecule has 1 aromatic heterocycles. The van der Waals surface area contributed by atoms with Gasteiger partial charge in [-0.3, -0.25) is 4.90 Å². The highest BCUT2D eigenvalue weighted by molar-refractivity contribution is 9.11. The molecule has 6 heteroatoms. The highest BCUT2D eigenvalue weighted by atomic mass is 79.9. The van der Waals surface area contributed by atoms with Crippen molar-refractivity contribution in [2.24, 2.45) is 0 Å². The molecule has 0 bridgehead atoms. The van der Waals surface area contributed by atoms with Gasteiger partial charge in [0, 0.05) is 37.1 Å². The predicted octanol–water partition coefficient (Wildman–Crippen LogP) is 4.10. The number of hydrogen-bond acceptors (Lipinski definition) is 3. The van der Waals surface area contributed by atoms with E-state index in [0.717, 1.165) is 13.1 Å². The van der Waals surface area contributed by atoms with Crippen LogP contribution in [-0.2, 0) is 0 Å². The zero-order valence-electron chi connectivity index (χ0n) is 10.5. The maximum absolute atomic E-state index is 3.56. The SMILES string of the molecule is CCC[C@@H](c1ccc(Br)s1)N1CCNCC1.Cl.Cl. The van der Waals surface area contributed by atoms with E-state index in [1.54, 1.807) is 0 Å². The van der Waals surface area contributed by atoms with Crippen LogP contribution in [0.2, 0.25) is 0 Å². The summed E-state index contributed by atoms with van der Waals surface area (Å²) < 4.78 is 1.25. The molecule has 1 aromatic rings. The Morgan fingerprint density at radius 1 is 1.33 bits per heavy atom. The standard InChI is InChI=1S/C12H19BrN2S.2ClH/c1-2-3-10(11-4-5-12(13)16-11)15-8-6-14-7-9-15;;/h4-5,10,14H,2-3,6-9H2,1H3;2*1H/t10-;;/m0../s1. The molecule has 0 aliphatic carbocycles. The number of rotatable bonds is 4. The molecule has 106 valence electrons. The zero-order valence-corrected chi connectivity index (χ0v) is 14.6. The van der Waals surface area contributed by atoms with E-state index in [2.05, 4.69) is 45.2 Å². The van der Waals surface area contributed by atoms with Gasteiger partial charge in [-0.1, -0.05) is 13.3 Å². The van der Waals surface area contributed by atoms with Crippen LogP contribution in [0.25, 0.3) is 0 Å². The van der Waals surface area contributed by atoms with Crippen molar-refractivity contribution < 1.29 is 0 Å². The van der Waals surface area contributed by atoms with Gasteiger partial charge in [0.25, 0.3) is 0 Å². The summed E-state index contributed by atoms with van der Waals surface area (Å²) >= 11 is 5.45. The van der Waals surface area contributed by atoms with Crippen molar-refractivity contribution >= 4 is 52.1 Å². The highest BCUT2D eigenvalue weighted by Crippen LogP contribution is 2.33. The van der Waals surface area contributed by atoms with Crippen molar-refractivity contribution in [2.75, 3.05) is 26.2 Å². The second kappa shape index (κ2) is 9.56. The molecule has 2 heterocycles. The lowest BCUT2D eigenvalue weighted by atomic mass is 10.1. The molecule has 0 amide bonds. The summed E-state index contributed by atoms with van der Waals surface area (Å²) in [6.07, 6.45) is 2.52. The normalized spacial score (nSPS) is 17.7. The molecule has 0 aromatic carbocycles. The Balaban J connectivity index is 0.00000144. The van der Waals surface area contributed by atoms with E-state index in [1.807, 2.05) is 11.3 Å². The Hall–Kier alpha value is 0.680. The summed E-state index contributed by atoms with van der Waals surface area (Å²) in [5, 5.41) is 3.42. The molecule has 2 nitrogen and oxygen atoms in total. The first-order valence-electron chi connectivity index (χ1n) is 6.01. The minimum absolute atomic E-state index is 0. The number of nitrogens with zero attached hydrogens (tertiary/aromatic N) is 1. The number of piperazine rings is 1. The zero-order chi connectivity index (χ0) is 11.4. The van der Waals surface area contributed by atoms with Crippen LogP contribution in [-0.4, -0.2) is 31.1 Å². The molecular formula is C12H21BrCl2N2S. The number of halogens is 3. The summed E-state index contributed by atoms with van der Waals surface area (Å²) in [7, 11) is 0. The lowest BCUT2D eigenvalue weighted by Crippen LogP contribution is -2.44. The molecule has 0 unspecified atom stereocenters. The summed E-state index contributed by atoms with van der Waals surface area (Å²) in [6, 6.07) is 5.07. The van der Waals surface area contributed by atoms with Crippen LogP contribution in [0.15, 0.2) is 15.9 Å². The molecule has 0 radical (unpaired) electrons. The van der Waals surface area contributed by atoms with E-state index in [4.69, 9.17) is 0 Å². The third-order valence-corrected chi connectivity index (χ3v) is 4.80. The van der Waals surface area contributed by atoms with Gasteiger partial charge in [-0.15, -0.1) is 36.2 Å². The van der Waals surface area contributed by atoms with Crippen LogP contribution in [0, 0.1) is 0 Å². The van der Waals surface area contributed by atoms with Crippen molar-refractivity contribution in [2.45, 2.75) is 25.8 Å². The minimum atomic E-state index is 0. The summed E-state index contributed by atoms with van der Waals surface area (Å²) in [4.78, 5) is 4.13. The fraction of sp³-hybridized carbons (Fsp3) is 0.667. The molecule has 1 N–H and O–H groups in total. The fourth-order valence-corrected chi connectivity index (χ4v) is 3.87. The molecule has 1 fully saturated rings. The lowest BCUT2D eigenvalue weighted by molar-refractivity contribution is 0.167. The van der Waals surface area contributed by atoms with Crippen molar-refractivity contribution in [3.8, 4) is 0 Å².